The van der Waals surface area contributed by atoms with E-state index in [0.717, 1.165) is 6.07 Å². The number of anilines is 2. The van der Waals surface area contributed by atoms with Crippen LogP contribution in [-0.2, 0) is 14.8 Å². The first-order valence-electron chi connectivity index (χ1n) is 10.0. The van der Waals surface area contributed by atoms with Gasteiger partial charge in [0.1, 0.15) is 12.4 Å². The lowest BCUT2D eigenvalue weighted by molar-refractivity contribution is -0.114. The summed E-state index contributed by atoms with van der Waals surface area (Å²) in [6.45, 7) is -0.622. The fourth-order valence-corrected chi connectivity index (χ4v) is 4.81. The molecule has 1 heterocycles. The van der Waals surface area contributed by atoms with E-state index in [9.17, 15) is 17.6 Å². The molecule has 1 aliphatic heterocycles. The predicted octanol–water partition coefficient (Wildman–Crippen LogP) is 3.41. The molecule has 1 aliphatic rings. The van der Waals surface area contributed by atoms with Crippen LogP contribution in [0.5, 0.6) is 23.0 Å². The molecule has 3 aromatic rings. The van der Waals surface area contributed by atoms with E-state index in [1.807, 2.05) is 0 Å². The van der Waals surface area contributed by atoms with Crippen molar-refractivity contribution in [3.63, 3.8) is 0 Å². The number of fused-ring (bicyclic) bond motifs is 1. The average molecular weight is 488 g/mol. The van der Waals surface area contributed by atoms with Gasteiger partial charge in [0.15, 0.2) is 23.0 Å². The van der Waals surface area contributed by atoms with E-state index in [-0.39, 0.29) is 23.1 Å². The first-order chi connectivity index (χ1) is 16.3. The number of halogens is 1. The third-order valence-corrected chi connectivity index (χ3v) is 6.76. The molecule has 0 radical (unpaired) electrons. The van der Waals surface area contributed by atoms with Gasteiger partial charge in [-0.25, -0.2) is 12.8 Å². The van der Waals surface area contributed by atoms with E-state index in [4.69, 9.17) is 18.9 Å². The molecule has 178 valence electrons. The zero-order valence-corrected chi connectivity index (χ0v) is 19.1. The number of methoxy groups -OCH3 is 2. The normalized spacial score (nSPS) is 12.2. The van der Waals surface area contributed by atoms with Crippen LogP contribution >= 0.6 is 0 Å². The summed E-state index contributed by atoms with van der Waals surface area (Å²) in [5, 5.41) is 2.61. The number of hydrogen-bond acceptors (Lipinski definition) is 7. The van der Waals surface area contributed by atoms with Crippen molar-refractivity contribution in [3.05, 3.63) is 66.5 Å². The Hall–Kier alpha value is -3.99. The maximum Gasteiger partial charge on any atom is 0.265 e. The summed E-state index contributed by atoms with van der Waals surface area (Å²) in [6, 6.07) is 14.0. The highest BCUT2D eigenvalue weighted by molar-refractivity contribution is 7.92. The predicted molar refractivity (Wildman–Crippen MR) is 122 cm³/mol. The zero-order valence-electron chi connectivity index (χ0n) is 18.3. The topological polar surface area (TPSA) is 103 Å². The lowest BCUT2D eigenvalue weighted by atomic mass is 10.2. The van der Waals surface area contributed by atoms with Crippen molar-refractivity contribution < 1.29 is 36.6 Å². The Morgan fingerprint density at radius 3 is 2.47 bits per heavy atom. The largest absolute Gasteiger partial charge is 0.493 e. The number of para-hydroxylation sites is 1. The molecule has 0 aromatic heterocycles. The number of carbonyl (C=O) groups is 1. The maximum atomic E-state index is 14.7. The van der Waals surface area contributed by atoms with Crippen molar-refractivity contribution in [3.8, 4) is 23.0 Å². The molecule has 3 aromatic carbocycles. The number of benzene rings is 3. The molecule has 0 fully saturated rings. The fourth-order valence-electron chi connectivity index (χ4n) is 3.36. The second-order valence-electron chi connectivity index (χ2n) is 7.10. The Bertz CT molecular complexity index is 1330. The van der Waals surface area contributed by atoms with Gasteiger partial charge in [0.2, 0.25) is 12.7 Å². The monoisotopic (exact) mass is 488 g/mol. The number of carbonyl (C=O) groups excluding carboxylic acids is 1. The Kier molecular flexibility index (Phi) is 6.46. The van der Waals surface area contributed by atoms with Gasteiger partial charge in [-0.05, 0) is 36.4 Å². The molecule has 1 N–H and O–H groups in total. The van der Waals surface area contributed by atoms with Gasteiger partial charge in [-0.3, -0.25) is 9.10 Å². The van der Waals surface area contributed by atoms with Crippen LogP contribution in [0.3, 0.4) is 0 Å². The summed E-state index contributed by atoms with van der Waals surface area (Å²) < 4.78 is 63.3. The molecule has 0 bridgehead atoms. The quantitative estimate of drug-likeness (QED) is 0.518. The van der Waals surface area contributed by atoms with Crippen molar-refractivity contribution in [1.82, 2.24) is 0 Å². The van der Waals surface area contributed by atoms with Crippen molar-refractivity contribution in [2.24, 2.45) is 0 Å². The number of sulfonamides is 1. The van der Waals surface area contributed by atoms with Crippen LogP contribution < -0.4 is 28.6 Å². The molecule has 0 saturated carbocycles. The molecule has 0 spiro atoms. The van der Waals surface area contributed by atoms with Crippen LogP contribution in [0, 0.1) is 5.82 Å². The minimum Gasteiger partial charge on any atom is -0.493 e. The highest BCUT2D eigenvalue weighted by atomic mass is 32.2. The molecule has 0 unspecified atom stereocenters. The first-order valence-corrected chi connectivity index (χ1v) is 11.5. The molecule has 34 heavy (non-hydrogen) atoms. The second kappa shape index (κ2) is 9.48. The standard InChI is InChI=1S/C23H21FN2O7S/c1-30-19-10-8-16(12-21(19)31-2)34(28,29)26(18-6-4-3-5-17(18)24)13-23(27)25-15-7-9-20-22(11-15)33-14-32-20/h3-12H,13-14H2,1-2H3,(H,25,27). The number of nitrogens with one attached hydrogen (secondary N) is 1. The molecular formula is C23H21FN2O7S. The Morgan fingerprint density at radius 1 is 1.00 bits per heavy atom. The lowest BCUT2D eigenvalue weighted by Gasteiger charge is -2.25. The molecule has 1 amide bonds. The Morgan fingerprint density at radius 2 is 1.74 bits per heavy atom. The zero-order chi connectivity index (χ0) is 24.3. The van der Waals surface area contributed by atoms with E-state index < -0.39 is 28.3 Å². The van der Waals surface area contributed by atoms with Gasteiger partial charge in [0.05, 0.1) is 24.8 Å². The van der Waals surface area contributed by atoms with E-state index in [0.29, 0.717) is 27.2 Å². The van der Waals surface area contributed by atoms with Crippen molar-refractivity contribution in [2.45, 2.75) is 4.90 Å². The number of nitrogens with zero attached hydrogens (tertiary/aromatic N) is 1. The summed E-state index contributed by atoms with van der Waals surface area (Å²) in [5.41, 5.74) is 0.0874. The second-order valence-corrected chi connectivity index (χ2v) is 8.96. The van der Waals surface area contributed by atoms with E-state index in [1.54, 1.807) is 18.2 Å². The minimum absolute atomic E-state index is 0.0668. The van der Waals surface area contributed by atoms with E-state index >= 15 is 0 Å². The molecule has 0 aliphatic carbocycles. The molecular weight excluding hydrogens is 467 g/mol. The number of amides is 1. The van der Waals surface area contributed by atoms with Crippen LogP contribution in [0.4, 0.5) is 15.8 Å². The fraction of sp³-hybridized carbons (Fsp3) is 0.174. The van der Waals surface area contributed by atoms with Gasteiger partial charge in [-0.1, -0.05) is 12.1 Å². The number of rotatable bonds is 8. The third-order valence-electron chi connectivity index (χ3n) is 5.01. The maximum absolute atomic E-state index is 14.7. The highest BCUT2D eigenvalue weighted by Gasteiger charge is 2.30. The van der Waals surface area contributed by atoms with Crippen molar-refractivity contribution >= 4 is 27.3 Å². The van der Waals surface area contributed by atoms with E-state index in [2.05, 4.69) is 5.32 Å². The van der Waals surface area contributed by atoms with Crippen molar-refractivity contribution in [1.29, 1.82) is 0 Å². The smallest absolute Gasteiger partial charge is 0.265 e. The van der Waals surface area contributed by atoms with Gasteiger partial charge in [0, 0.05) is 17.8 Å². The SMILES string of the molecule is COc1ccc(S(=O)(=O)N(CC(=O)Nc2ccc3c(c2)OCO3)c2ccccc2F)cc1OC. The number of ether oxygens (including phenoxy) is 4. The molecule has 9 nitrogen and oxygen atoms in total. The Labute approximate surface area is 195 Å². The van der Waals surface area contributed by atoms with Crippen LogP contribution in [0.2, 0.25) is 0 Å². The summed E-state index contributed by atoms with van der Waals surface area (Å²) >= 11 is 0. The van der Waals surface area contributed by atoms with Crippen LogP contribution in [0.15, 0.2) is 65.6 Å². The summed E-state index contributed by atoms with van der Waals surface area (Å²) in [6.07, 6.45) is 0. The van der Waals surface area contributed by atoms with Crippen LogP contribution in [0.1, 0.15) is 0 Å². The van der Waals surface area contributed by atoms with Gasteiger partial charge < -0.3 is 24.3 Å². The molecule has 0 atom stereocenters. The highest BCUT2D eigenvalue weighted by Crippen LogP contribution is 2.35. The van der Waals surface area contributed by atoms with E-state index in [1.165, 1.54) is 50.6 Å². The van der Waals surface area contributed by atoms with Gasteiger partial charge in [-0.15, -0.1) is 0 Å². The van der Waals surface area contributed by atoms with Crippen molar-refractivity contribution in [2.75, 3.05) is 37.2 Å². The van der Waals surface area contributed by atoms with Gasteiger partial charge >= 0.3 is 0 Å². The minimum atomic E-state index is -4.38. The average Bonchev–Trinajstić information content (AvgIpc) is 3.30. The lowest BCUT2D eigenvalue weighted by Crippen LogP contribution is -2.38. The summed E-state index contributed by atoms with van der Waals surface area (Å²) in [7, 11) is -1.60. The summed E-state index contributed by atoms with van der Waals surface area (Å²) in [5.74, 6) is -0.0290. The first kappa shape index (κ1) is 23.2. The molecule has 11 heteroatoms. The number of hydrogen-bond donors (Lipinski definition) is 1. The molecule has 0 saturated heterocycles. The molecule has 4 rings (SSSR count). The van der Waals surface area contributed by atoms with Gasteiger partial charge in [-0.2, -0.15) is 0 Å². The Balaban J connectivity index is 1.67. The van der Waals surface area contributed by atoms with Crippen LogP contribution in [-0.4, -0.2) is 41.9 Å². The van der Waals surface area contributed by atoms with Gasteiger partial charge in [0.25, 0.3) is 10.0 Å². The van der Waals surface area contributed by atoms with Crippen LogP contribution in [0.25, 0.3) is 0 Å². The third kappa shape index (κ3) is 4.55. The summed E-state index contributed by atoms with van der Waals surface area (Å²) in [4.78, 5) is 12.6.